The SMILES string of the molecule is CCN(CC)CCC(O)Cc1cccc(Cl)c1Cl. The van der Waals surface area contributed by atoms with Gasteiger partial charge >= 0.3 is 0 Å². The van der Waals surface area contributed by atoms with Gasteiger partial charge < -0.3 is 10.0 Å². The Kier molecular flexibility index (Phi) is 7.02. The van der Waals surface area contributed by atoms with Crippen molar-refractivity contribution in [3.05, 3.63) is 33.8 Å². The summed E-state index contributed by atoms with van der Waals surface area (Å²) in [5.74, 6) is 0. The minimum atomic E-state index is -0.374. The lowest BCUT2D eigenvalue weighted by atomic mass is 10.1. The molecule has 0 radical (unpaired) electrons. The first kappa shape index (κ1) is 15.8. The molecule has 1 N–H and O–H groups in total. The van der Waals surface area contributed by atoms with Gasteiger partial charge in [-0.3, -0.25) is 0 Å². The zero-order valence-corrected chi connectivity index (χ0v) is 12.5. The molecule has 0 saturated heterocycles. The number of rotatable bonds is 7. The molecule has 1 unspecified atom stereocenters. The third-order valence-electron chi connectivity index (χ3n) is 3.16. The number of nitrogens with zero attached hydrogens (tertiary/aromatic N) is 1. The van der Waals surface area contributed by atoms with Crippen molar-refractivity contribution in [3.8, 4) is 0 Å². The molecule has 0 bridgehead atoms. The molecule has 0 aliphatic carbocycles. The molecule has 1 aromatic rings. The molecule has 0 fully saturated rings. The zero-order valence-electron chi connectivity index (χ0n) is 11.0. The molecule has 4 heteroatoms. The first-order valence-corrected chi connectivity index (χ1v) is 7.17. The van der Waals surface area contributed by atoms with Gasteiger partial charge in [-0.2, -0.15) is 0 Å². The van der Waals surface area contributed by atoms with Crippen LogP contribution in [0.2, 0.25) is 10.0 Å². The van der Waals surface area contributed by atoms with Crippen molar-refractivity contribution in [2.45, 2.75) is 32.8 Å². The highest BCUT2D eigenvalue weighted by Gasteiger charge is 2.11. The molecule has 0 aliphatic heterocycles. The second-order valence-electron chi connectivity index (χ2n) is 4.39. The highest BCUT2D eigenvalue weighted by molar-refractivity contribution is 6.42. The van der Waals surface area contributed by atoms with Gasteiger partial charge in [-0.1, -0.05) is 49.2 Å². The van der Waals surface area contributed by atoms with E-state index >= 15 is 0 Å². The Morgan fingerprint density at radius 3 is 2.50 bits per heavy atom. The van der Waals surface area contributed by atoms with E-state index in [0.29, 0.717) is 16.5 Å². The fourth-order valence-electron chi connectivity index (χ4n) is 1.93. The predicted molar refractivity (Wildman–Crippen MR) is 78.6 cm³/mol. The number of hydrogen-bond donors (Lipinski definition) is 1. The van der Waals surface area contributed by atoms with Gasteiger partial charge in [0.15, 0.2) is 0 Å². The normalized spacial score (nSPS) is 13.0. The van der Waals surface area contributed by atoms with E-state index in [4.69, 9.17) is 23.2 Å². The number of benzene rings is 1. The van der Waals surface area contributed by atoms with E-state index in [0.717, 1.165) is 31.6 Å². The predicted octanol–water partition coefficient (Wildman–Crippen LogP) is 3.63. The summed E-state index contributed by atoms with van der Waals surface area (Å²) in [4.78, 5) is 2.29. The quantitative estimate of drug-likeness (QED) is 0.829. The summed E-state index contributed by atoms with van der Waals surface area (Å²) in [5, 5.41) is 11.1. The maximum absolute atomic E-state index is 10.0. The molecule has 0 amide bonds. The van der Waals surface area contributed by atoms with E-state index in [1.54, 1.807) is 6.07 Å². The fraction of sp³-hybridized carbons (Fsp3) is 0.571. The smallest absolute Gasteiger partial charge is 0.0625 e. The van der Waals surface area contributed by atoms with Crippen LogP contribution in [0.15, 0.2) is 18.2 Å². The minimum Gasteiger partial charge on any atom is -0.393 e. The molecule has 18 heavy (non-hydrogen) atoms. The van der Waals surface area contributed by atoms with Crippen molar-refractivity contribution in [1.82, 2.24) is 4.90 Å². The molecule has 0 heterocycles. The van der Waals surface area contributed by atoms with Crippen LogP contribution < -0.4 is 0 Å². The van der Waals surface area contributed by atoms with Crippen molar-refractivity contribution in [3.63, 3.8) is 0 Å². The average Bonchev–Trinajstić information content (AvgIpc) is 2.36. The minimum absolute atomic E-state index is 0.374. The van der Waals surface area contributed by atoms with Crippen LogP contribution in [-0.4, -0.2) is 35.7 Å². The molecule has 102 valence electrons. The lowest BCUT2D eigenvalue weighted by Crippen LogP contribution is -2.27. The van der Waals surface area contributed by atoms with Crippen molar-refractivity contribution in [1.29, 1.82) is 0 Å². The summed E-state index contributed by atoms with van der Waals surface area (Å²) < 4.78 is 0. The first-order valence-electron chi connectivity index (χ1n) is 6.41. The molecular weight excluding hydrogens is 269 g/mol. The van der Waals surface area contributed by atoms with Crippen LogP contribution in [0.4, 0.5) is 0 Å². The third-order valence-corrected chi connectivity index (χ3v) is 4.02. The average molecular weight is 290 g/mol. The van der Waals surface area contributed by atoms with Crippen molar-refractivity contribution >= 4 is 23.2 Å². The molecule has 1 atom stereocenters. The number of aliphatic hydroxyl groups is 1. The van der Waals surface area contributed by atoms with E-state index < -0.39 is 0 Å². The molecular formula is C14H21Cl2NO. The molecule has 0 aromatic heterocycles. The fourth-order valence-corrected chi connectivity index (χ4v) is 2.33. The lowest BCUT2D eigenvalue weighted by molar-refractivity contribution is 0.144. The number of halogens is 2. The Labute approximate surface area is 120 Å². The number of aliphatic hydroxyl groups excluding tert-OH is 1. The summed E-state index contributed by atoms with van der Waals surface area (Å²) in [6.45, 7) is 7.20. The van der Waals surface area contributed by atoms with Crippen LogP contribution in [-0.2, 0) is 6.42 Å². The Balaban J connectivity index is 2.49. The standard InChI is InChI=1S/C14H21Cl2NO/c1-3-17(4-2)9-8-12(18)10-11-6-5-7-13(15)14(11)16/h5-7,12,18H,3-4,8-10H2,1-2H3. The molecule has 0 aliphatic rings. The van der Waals surface area contributed by atoms with Gasteiger partial charge in [0, 0.05) is 6.54 Å². The van der Waals surface area contributed by atoms with Crippen molar-refractivity contribution < 1.29 is 5.11 Å². The Morgan fingerprint density at radius 2 is 1.89 bits per heavy atom. The van der Waals surface area contributed by atoms with Crippen LogP contribution in [0.3, 0.4) is 0 Å². The topological polar surface area (TPSA) is 23.5 Å². The largest absolute Gasteiger partial charge is 0.393 e. The van der Waals surface area contributed by atoms with Crippen LogP contribution in [0.5, 0.6) is 0 Å². The van der Waals surface area contributed by atoms with E-state index in [1.807, 2.05) is 12.1 Å². The molecule has 0 saturated carbocycles. The lowest BCUT2D eigenvalue weighted by Gasteiger charge is -2.20. The Hall–Kier alpha value is -0.280. The Morgan fingerprint density at radius 1 is 1.22 bits per heavy atom. The second kappa shape index (κ2) is 8.00. The molecule has 2 nitrogen and oxygen atoms in total. The van der Waals surface area contributed by atoms with Crippen LogP contribution in [0.1, 0.15) is 25.8 Å². The highest BCUT2D eigenvalue weighted by atomic mass is 35.5. The van der Waals surface area contributed by atoms with Gasteiger partial charge in [0.05, 0.1) is 16.1 Å². The summed E-state index contributed by atoms with van der Waals surface area (Å²) in [6.07, 6.45) is 0.937. The van der Waals surface area contributed by atoms with E-state index in [-0.39, 0.29) is 6.10 Å². The van der Waals surface area contributed by atoms with E-state index in [1.165, 1.54) is 0 Å². The van der Waals surface area contributed by atoms with Gasteiger partial charge in [-0.25, -0.2) is 0 Å². The van der Waals surface area contributed by atoms with Crippen molar-refractivity contribution in [2.24, 2.45) is 0 Å². The van der Waals surface area contributed by atoms with Gasteiger partial charge in [-0.15, -0.1) is 0 Å². The highest BCUT2D eigenvalue weighted by Crippen LogP contribution is 2.26. The monoisotopic (exact) mass is 289 g/mol. The summed E-state index contributed by atoms with van der Waals surface area (Å²) in [7, 11) is 0. The first-order chi connectivity index (χ1) is 8.58. The van der Waals surface area contributed by atoms with Gasteiger partial charge in [-0.05, 0) is 37.6 Å². The Bertz CT molecular complexity index is 367. The van der Waals surface area contributed by atoms with Crippen LogP contribution >= 0.6 is 23.2 Å². The molecule has 1 aromatic carbocycles. The van der Waals surface area contributed by atoms with E-state index in [2.05, 4.69) is 18.7 Å². The summed E-state index contributed by atoms with van der Waals surface area (Å²) in [6, 6.07) is 5.53. The van der Waals surface area contributed by atoms with Crippen LogP contribution in [0, 0.1) is 0 Å². The van der Waals surface area contributed by atoms with E-state index in [9.17, 15) is 5.11 Å². The summed E-state index contributed by atoms with van der Waals surface area (Å²) in [5.41, 5.74) is 0.913. The van der Waals surface area contributed by atoms with Crippen LogP contribution in [0.25, 0.3) is 0 Å². The van der Waals surface area contributed by atoms with Gasteiger partial charge in [0.2, 0.25) is 0 Å². The maximum Gasteiger partial charge on any atom is 0.0625 e. The van der Waals surface area contributed by atoms with Gasteiger partial charge in [0.1, 0.15) is 0 Å². The van der Waals surface area contributed by atoms with Gasteiger partial charge in [0.25, 0.3) is 0 Å². The molecule has 0 spiro atoms. The zero-order chi connectivity index (χ0) is 13.5. The number of hydrogen-bond acceptors (Lipinski definition) is 2. The maximum atomic E-state index is 10.0. The summed E-state index contributed by atoms with van der Waals surface area (Å²) >= 11 is 12.0. The third kappa shape index (κ3) is 4.77. The van der Waals surface area contributed by atoms with Crippen molar-refractivity contribution in [2.75, 3.05) is 19.6 Å². The second-order valence-corrected chi connectivity index (χ2v) is 5.17. The molecule has 1 rings (SSSR count).